The van der Waals surface area contributed by atoms with Crippen LogP contribution >= 0.6 is 8.45 Å². The van der Waals surface area contributed by atoms with Crippen LogP contribution in [0.5, 0.6) is 0 Å². The van der Waals surface area contributed by atoms with Gasteiger partial charge in [0, 0.05) is 25.5 Å². The molecule has 0 spiro atoms. The maximum atomic E-state index is 7.21. The van der Waals surface area contributed by atoms with Gasteiger partial charge in [-0.25, -0.2) is 0 Å². The average Bonchev–Trinajstić information content (AvgIpc) is 2.90. The van der Waals surface area contributed by atoms with Gasteiger partial charge in [0.25, 0.3) is 0 Å². The van der Waals surface area contributed by atoms with Crippen molar-refractivity contribution in [2.45, 2.75) is 46.1 Å². The highest BCUT2D eigenvalue weighted by atomic mass is 31.2. The van der Waals surface area contributed by atoms with Crippen molar-refractivity contribution in [3.63, 3.8) is 0 Å². The zero-order chi connectivity index (χ0) is 25.2. The molecule has 0 aliphatic heterocycles. The van der Waals surface area contributed by atoms with Crippen LogP contribution in [0.25, 0.3) is 21.5 Å². The zero-order valence-corrected chi connectivity index (χ0v) is 23.2. The Labute approximate surface area is 218 Å². The summed E-state index contributed by atoms with van der Waals surface area (Å²) in [5.74, 6) is 1.93. The van der Waals surface area contributed by atoms with Crippen molar-refractivity contribution in [3.8, 4) is 0 Å². The van der Waals surface area contributed by atoms with Crippen molar-refractivity contribution in [2.75, 3.05) is 23.4 Å². The molecule has 3 atom stereocenters. The van der Waals surface area contributed by atoms with Crippen molar-refractivity contribution in [2.24, 2.45) is 17.8 Å². The summed E-state index contributed by atoms with van der Waals surface area (Å²) < 4.78 is 11.9. The van der Waals surface area contributed by atoms with Gasteiger partial charge < -0.3 is 13.9 Å². The van der Waals surface area contributed by atoms with Crippen LogP contribution in [0.1, 0.15) is 40.0 Å². The summed E-state index contributed by atoms with van der Waals surface area (Å²) in [6.07, 6.45) is 3.97. The molecule has 3 unspecified atom stereocenters. The van der Waals surface area contributed by atoms with E-state index in [9.17, 15) is 0 Å². The van der Waals surface area contributed by atoms with Crippen LogP contribution in [0.2, 0.25) is 0 Å². The number of fused-ring (bicyclic) bond motifs is 2. The number of rotatable bonds is 7. The van der Waals surface area contributed by atoms with Crippen molar-refractivity contribution >= 4 is 41.4 Å². The quantitative estimate of drug-likeness (QED) is 0.236. The first-order valence-electron chi connectivity index (χ1n) is 13.3. The monoisotopic (exact) mass is 498 g/mol. The lowest BCUT2D eigenvalue weighted by Gasteiger charge is -2.43. The molecule has 0 N–H and O–H groups in total. The van der Waals surface area contributed by atoms with E-state index in [4.69, 9.17) is 4.52 Å². The smallest absolute Gasteiger partial charge is 0.248 e. The van der Waals surface area contributed by atoms with E-state index in [1.165, 1.54) is 45.8 Å². The Morgan fingerprint density at radius 2 is 1.22 bits per heavy atom. The molecule has 1 aliphatic rings. The van der Waals surface area contributed by atoms with Crippen LogP contribution in [0, 0.1) is 17.8 Å². The minimum absolute atomic E-state index is 0.269. The number of anilines is 2. The van der Waals surface area contributed by atoms with Crippen LogP contribution in [0.4, 0.5) is 11.4 Å². The minimum atomic E-state index is -1.07. The summed E-state index contributed by atoms with van der Waals surface area (Å²) in [7, 11) is 3.32. The second kappa shape index (κ2) is 10.8. The van der Waals surface area contributed by atoms with Gasteiger partial charge in [-0.05, 0) is 76.4 Å². The fourth-order valence-corrected chi connectivity index (χ4v) is 7.47. The van der Waals surface area contributed by atoms with Gasteiger partial charge in [0.2, 0.25) is 8.45 Å². The van der Waals surface area contributed by atoms with E-state index in [-0.39, 0.29) is 6.10 Å². The van der Waals surface area contributed by atoms with Crippen molar-refractivity contribution in [1.82, 2.24) is 0 Å². The second-order valence-corrected chi connectivity index (χ2v) is 12.7. The summed E-state index contributed by atoms with van der Waals surface area (Å²) in [4.78, 5) is 0. The Kier molecular flexibility index (Phi) is 7.51. The zero-order valence-electron chi connectivity index (χ0n) is 22.3. The highest BCUT2D eigenvalue weighted by Gasteiger charge is 2.36. The van der Waals surface area contributed by atoms with E-state index in [0.29, 0.717) is 17.8 Å². The molecule has 36 heavy (non-hydrogen) atoms. The maximum absolute atomic E-state index is 7.21. The van der Waals surface area contributed by atoms with Gasteiger partial charge in [-0.2, -0.15) is 0 Å². The second-order valence-electron chi connectivity index (χ2n) is 10.8. The molecule has 0 bridgehead atoms. The largest absolute Gasteiger partial charge is 0.319 e. The molecule has 0 saturated heterocycles. The molecular weight excluding hydrogens is 459 g/mol. The molecule has 4 aromatic rings. The van der Waals surface area contributed by atoms with Crippen molar-refractivity contribution in [1.29, 1.82) is 0 Å². The Bertz CT molecular complexity index is 1240. The molecule has 188 valence electrons. The molecule has 1 saturated carbocycles. The van der Waals surface area contributed by atoms with Crippen LogP contribution in [-0.4, -0.2) is 20.2 Å². The molecule has 1 fully saturated rings. The minimum Gasteiger partial charge on any atom is -0.319 e. The summed E-state index contributed by atoms with van der Waals surface area (Å²) in [5.41, 5.74) is 2.38. The number of benzene rings is 4. The van der Waals surface area contributed by atoms with Gasteiger partial charge in [0.1, 0.15) is 0 Å². The maximum Gasteiger partial charge on any atom is 0.248 e. The van der Waals surface area contributed by atoms with E-state index in [1.807, 2.05) is 0 Å². The van der Waals surface area contributed by atoms with Crippen LogP contribution in [-0.2, 0) is 4.52 Å². The summed E-state index contributed by atoms with van der Waals surface area (Å²) in [6.45, 7) is 7.11. The van der Waals surface area contributed by atoms with E-state index < -0.39 is 8.45 Å². The van der Waals surface area contributed by atoms with Gasteiger partial charge >= 0.3 is 0 Å². The first-order chi connectivity index (χ1) is 17.4. The summed E-state index contributed by atoms with van der Waals surface area (Å²) >= 11 is 0. The number of nitrogens with zero attached hydrogens (tertiary/aromatic N) is 2. The lowest BCUT2D eigenvalue weighted by Crippen LogP contribution is -2.36. The SMILES string of the molecule is CC1CCC(C(C)C)C(OP(N(C)c2ccc3ccccc3c2)N(C)c2ccc3ccccc3c2)C1. The molecule has 4 heteroatoms. The third-order valence-corrected chi connectivity index (χ3v) is 9.87. The normalized spacial score (nSPS) is 20.4. The van der Waals surface area contributed by atoms with E-state index >= 15 is 0 Å². The summed E-state index contributed by atoms with van der Waals surface area (Å²) in [5, 5.41) is 5.06. The van der Waals surface area contributed by atoms with Crippen molar-refractivity contribution in [3.05, 3.63) is 84.9 Å². The third kappa shape index (κ3) is 5.24. The molecule has 5 rings (SSSR count). The van der Waals surface area contributed by atoms with Gasteiger partial charge in [0.05, 0.1) is 6.10 Å². The topological polar surface area (TPSA) is 15.7 Å². The van der Waals surface area contributed by atoms with Crippen LogP contribution in [0.3, 0.4) is 0 Å². The standard InChI is InChI=1S/C32H39N2OP/c1-23(2)31-19-14-24(3)20-32(31)35-36(33(4)29-17-15-25-10-6-8-12-27(25)21-29)34(5)30-18-16-26-11-7-9-13-28(26)22-30/h6-13,15-18,21-24,31-32H,14,19-20H2,1-5H3. The fourth-order valence-electron chi connectivity index (χ4n) is 5.65. The number of hydrogen-bond acceptors (Lipinski definition) is 3. The molecule has 0 amide bonds. The highest BCUT2D eigenvalue weighted by Crippen LogP contribution is 2.53. The first-order valence-corrected chi connectivity index (χ1v) is 14.5. The predicted molar refractivity (Wildman–Crippen MR) is 158 cm³/mol. The highest BCUT2D eigenvalue weighted by molar-refractivity contribution is 7.56. The van der Waals surface area contributed by atoms with Gasteiger partial charge in [0.15, 0.2) is 0 Å². The molecule has 3 nitrogen and oxygen atoms in total. The Balaban J connectivity index is 1.52. The molecule has 4 aromatic carbocycles. The Morgan fingerprint density at radius 1 is 0.722 bits per heavy atom. The number of hydrogen-bond donors (Lipinski definition) is 0. The summed E-state index contributed by atoms with van der Waals surface area (Å²) in [6, 6.07) is 30.7. The molecule has 0 aromatic heterocycles. The van der Waals surface area contributed by atoms with E-state index in [1.54, 1.807) is 0 Å². The fraction of sp³-hybridized carbons (Fsp3) is 0.375. The van der Waals surface area contributed by atoms with Gasteiger partial charge in [-0.15, -0.1) is 0 Å². The molecular formula is C32H39N2OP. The molecule has 1 aliphatic carbocycles. The molecule has 0 heterocycles. The van der Waals surface area contributed by atoms with Crippen LogP contribution < -0.4 is 9.34 Å². The Morgan fingerprint density at radius 3 is 1.72 bits per heavy atom. The average molecular weight is 499 g/mol. The third-order valence-electron chi connectivity index (χ3n) is 7.92. The predicted octanol–water partition coefficient (Wildman–Crippen LogP) is 9.27. The van der Waals surface area contributed by atoms with Crippen molar-refractivity contribution < 1.29 is 4.52 Å². The van der Waals surface area contributed by atoms with E-state index in [0.717, 1.165) is 6.42 Å². The Hall–Kier alpha value is -2.61. The van der Waals surface area contributed by atoms with Gasteiger partial charge in [-0.1, -0.05) is 87.9 Å². The molecule has 0 radical (unpaired) electrons. The first kappa shape index (κ1) is 25.1. The van der Waals surface area contributed by atoms with E-state index in [2.05, 4.69) is 129 Å². The lowest BCUT2D eigenvalue weighted by atomic mass is 9.75. The van der Waals surface area contributed by atoms with Crippen LogP contribution in [0.15, 0.2) is 84.9 Å². The van der Waals surface area contributed by atoms with Gasteiger partial charge in [-0.3, -0.25) is 0 Å². The lowest BCUT2D eigenvalue weighted by molar-refractivity contribution is 0.0548.